The molecule has 0 amide bonds. The van der Waals surface area contributed by atoms with Gasteiger partial charge in [0.15, 0.2) is 5.79 Å². The molecule has 0 aromatic rings. The predicted molar refractivity (Wildman–Crippen MR) is 62.7 cm³/mol. The van der Waals surface area contributed by atoms with E-state index >= 15 is 0 Å². The smallest absolute Gasteiger partial charge is 0.169 e. The molecular weight excluding hydrogens is 188 g/mol. The molecule has 1 heterocycles. The average Bonchev–Trinajstić information content (AvgIpc) is 2.43. The molecule has 0 saturated carbocycles. The normalized spacial score (nSPS) is 32.2. The monoisotopic (exact) mass is 214 g/mol. The molecular formula is C13H26O2. The van der Waals surface area contributed by atoms with Crippen LogP contribution in [0.15, 0.2) is 0 Å². The van der Waals surface area contributed by atoms with Crippen molar-refractivity contribution in [1.82, 2.24) is 0 Å². The van der Waals surface area contributed by atoms with Gasteiger partial charge in [0.1, 0.15) is 0 Å². The first-order valence-corrected chi connectivity index (χ1v) is 6.26. The van der Waals surface area contributed by atoms with E-state index in [9.17, 15) is 0 Å². The Morgan fingerprint density at radius 2 is 1.53 bits per heavy atom. The summed E-state index contributed by atoms with van der Waals surface area (Å²) in [4.78, 5) is 0. The first-order chi connectivity index (χ1) is 6.90. The minimum absolute atomic E-state index is 0.226. The van der Waals surface area contributed by atoms with Crippen LogP contribution < -0.4 is 0 Å². The van der Waals surface area contributed by atoms with Gasteiger partial charge in [-0.25, -0.2) is 0 Å². The average molecular weight is 214 g/mol. The topological polar surface area (TPSA) is 18.5 Å². The maximum atomic E-state index is 6.01. The van der Waals surface area contributed by atoms with Crippen LogP contribution in [0.5, 0.6) is 0 Å². The minimum atomic E-state index is -0.317. The Hall–Kier alpha value is -0.0800. The van der Waals surface area contributed by atoms with Crippen LogP contribution in [0, 0.1) is 11.8 Å². The molecule has 1 aliphatic rings. The van der Waals surface area contributed by atoms with Gasteiger partial charge in [-0.3, -0.25) is 0 Å². The number of hydrogen-bond donors (Lipinski definition) is 0. The van der Waals surface area contributed by atoms with Crippen molar-refractivity contribution in [3.63, 3.8) is 0 Å². The van der Waals surface area contributed by atoms with Gasteiger partial charge < -0.3 is 9.47 Å². The Bertz CT molecular complexity index is 191. The zero-order valence-electron chi connectivity index (χ0n) is 11.0. The summed E-state index contributed by atoms with van der Waals surface area (Å²) in [5, 5.41) is 0. The maximum Gasteiger partial charge on any atom is 0.169 e. The Morgan fingerprint density at radius 1 is 1.07 bits per heavy atom. The molecule has 15 heavy (non-hydrogen) atoms. The fourth-order valence-electron chi connectivity index (χ4n) is 2.03. The molecule has 3 atom stereocenters. The lowest BCUT2D eigenvalue weighted by atomic mass is 9.89. The highest BCUT2D eigenvalue weighted by atomic mass is 16.8. The fourth-order valence-corrected chi connectivity index (χ4v) is 2.03. The molecule has 1 saturated heterocycles. The van der Waals surface area contributed by atoms with Gasteiger partial charge in [-0.15, -0.1) is 0 Å². The van der Waals surface area contributed by atoms with Gasteiger partial charge >= 0.3 is 0 Å². The lowest BCUT2D eigenvalue weighted by Crippen LogP contribution is -2.33. The third-order valence-corrected chi connectivity index (χ3v) is 3.77. The number of rotatable bonds is 4. The van der Waals surface area contributed by atoms with Crippen LogP contribution in [0.4, 0.5) is 0 Å². The lowest BCUT2D eigenvalue weighted by Gasteiger charge is -2.31. The maximum absolute atomic E-state index is 6.01. The third kappa shape index (κ3) is 2.94. The minimum Gasteiger partial charge on any atom is -0.344 e. The first-order valence-electron chi connectivity index (χ1n) is 6.26. The molecule has 0 aliphatic carbocycles. The van der Waals surface area contributed by atoms with E-state index in [0.717, 1.165) is 12.8 Å². The second-order valence-electron chi connectivity index (χ2n) is 5.34. The van der Waals surface area contributed by atoms with E-state index in [0.29, 0.717) is 11.8 Å². The summed E-state index contributed by atoms with van der Waals surface area (Å²) >= 11 is 0. The second-order valence-corrected chi connectivity index (χ2v) is 5.34. The van der Waals surface area contributed by atoms with Crippen molar-refractivity contribution in [3.8, 4) is 0 Å². The Labute approximate surface area is 94.3 Å². The van der Waals surface area contributed by atoms with Gasteiger partial charge in [0.2, 0.25) is 0 Å². The molecule has 1 rings (SSSR count). The van der Waals surface area contributed by atoms with Gasteiger partial charge in [0, 0.05) is 6.42 Å². The highest BCUT2D eigenvalue weighted by Gasteiger charge is 2.43. The lowest BCUT2D eigenvalue weighted by molar-refractivity contribution is -0.188. The van der Waals surface area contributed by atoms with Crippen molar-refractivity contribution in [2.75, 3.05) is 0 Å². The van der Waals surface area contributed by atoms with Gasteiger partial charge in [-0.2, -0.15) is 0 Å². The second kappa shape index (κ2) is 4.84. The Kier molecular flexibility index (Phi) is 4.19. The molecule has 0 radical (unpaired) electrons. The van der Waals surface area contributed by atoms with E-state index in [1.165, 1.54) is 0 Å². The quantitative estimate of drug-likeness (QED) is 0.712. The summed E-state index contributed by atoms with van der Waals surface area (Å²) in [6.07, 6.45) is 2.41. The molecule has 2 heteroatoms. The highest BCUT2D eigenvalue weighted by Crippen LogP contribution is 2.37. The Balaban J connectivity index is 2.63. The molecule has 0 aromatic carbocycles. The van der Waals surface area contributed by atoms with Gasteiger partial charge in [-0.05, 0) is 32.1 Å². The molecule has 0 spiro atoms. The molecule has 2 nitrogen and oxygen atoms in total. The zero-order valence-corrected chi connectivity index (χ0v) is 11.0. The molecule has 90 valence electrons. The molecule has 0 N–H and O–H groups in total. The van der Waals surface area contributed by atoms with Crippen molar-refractivity contribution >= 4 is 0 Å². The van der Waals surface area contributed by atoms with Crippen LogP contribution in [-0.2, 0) is 9.47 Å². The predicted octanol–water partition coefficient (Wildman–Crippen LogP) is 3.60. The summed E-state index contributed by atoms with van der Waals surface area (Å²) in [6, 6.07) is 0. The van der Waals surface area contributed by atoms with Crippen LogP contribution in [0.1, 0.15) is 54.4 Å². The van der Waals surface area contributed by atoms with Crippen molar-refractivity contribution in [3.05, 3.63) is 0 Å². The van der Waals surface area contributed by atoms with E-state index in [4.69, 9.17) is 9.47 Å². The fraction of sp³-hybridized carbons (Fsp3) is 1.00. The van der Waals surface area contributed by atoms with Crippen LogP contribution >= 0.6 is 0 Å². The van der Waals surface area contributed by atoms with Gasteiger partial charge in [0.25, 0.3) is 0 Å². The summed E-state index contributed by atoms with van der Waals surface area (Å²) in [5.41, 5.74) is 0. The van der Waals surface area contributed by atoms with E-state index in [-0.39, 0.29) is 18.0 Å². The van der Waals surface area contributed by atoms with E-state index in [2.05, 4.69) is 41.5 Å². The summed E-state index contributed by atoms with van der Waals surface area (Å²) in [7, 11) is 0. The Morgan fingerprint density at radius 3 is 1.87 bits per heavy atom. The molecule has 0 bridgehead atoms. The summed E-state index contributed by atoms with van der Waals surface area (Å²) in [5.74, 6) is 1.01. The van der Waals surface area contributed by atoms with E-state index < -0.39 is 0 Å². The molecule has 1 fully saturated rings. The molecule has 0 aromatic heterocycles. The summed E-state index contributed by atoms with van der Waals surface area (Å²) in [6.45, 7) is 13.1. The van der Waals surface area contributed by atoms with Crippen LogP contribution in [0.3, 0.4) is 0 Å². The van der Waals surface area contributed by atoms with E-state index in [1.54, 1.807) is 0 Å². The van der Waals surface area contributed by atoms with Crippen molar-refractivity contribution in [2.24, 2.45) is 11.8 Å². The van der Waals surface area contributed by atoms with Crippen molar-refractivity contribution < 1.29 is 9.47 Å². The SMILES string of the molecule is CCC1(C[C@H](C)C(C)C)O[C@H](C)[C@@H](C)O1. The zero-order chi connectivity index (χ0) is 11.6. The largest absolute Gasteiger partial charge is 0.344 e. The summed E-state index contributed by atoms with van der Waals surface area (Å²) < 4.78 is 12.0. The van der Waals surface area contributed by atoms with Crippen molar-refractivity contribution in [2.45, 2.75) is 72.4 Å². The number of hydrogen-bond acceptors (Lipinski definition) is 2. The van der Waals surface area contributed by atoms with Gasteiger partial charge in [-0.1, -0.05) is 27.7 Å². The molecule has 1 aliphatic heterocycles. The number of ether oxygens (including phenoxy) is 2. The molecule has 0 unspecified atom stereocenters. The van der Waals surface area contributed by atoms with Crippen LogP contribution in [-0.4, -0.2) is 18.0 Å². The standard InChI is InChI=1S/C13H26O2/c1-7-13(8-10(4)9(2)3)14-11(5)12(6)15-13/h9-12H,7-8H2,1-6H3/t10-,11+,12+/m0/s1. The van der Waals surface area contributed by atoms with Crippen LogP contribution in [0.2, 0.25) is 0 Å². The first kappa shape index (κ1) is 13.0. The van der Waals surface area contributed by atoms with Crippen LogP contribution in [0.25, 0.3) is 0 Å². The van der Waals surface area contributed by atoms with Gasteiger partial charge in [0.05, 0.1) is 12.2 Å². The van der Waals surface area contributed by atoms with E-state index in [1.807, 2.05) is 0 Å². The highest BCUT2D eigenvalue weighted by molar-refractivity contribution is 4.83. The van der Waals surface area contributed by atoms with Crippen molar-refractivity contribution in [1.29, 1.82) is 0 Å². The third-order valence-electron chi connectivity index (χ3n) is 3.77.